The predicted molar refractivity (Wildman–Crippen MR) is 113 cm³/mol. The molecule has 1 unspecified atom stereocenters. The molecule has 6 nitrogen and oxygen atoms in total. The summed E-state index contributed by atoms with van der Waals surface area (Å²) in [5, 5.41) is 0. The van der Waals surface area contributed by atoms with Crippen molar-refractivity contribution >= 4 is 5.78 Å². The smallest absolute Gasteiger partial charge is 0.271 e. The minimum Gasteiger partial charge on any atom is -0.497 e. The molecular weight excluding hydrogens is 384 g/mol. The zero-order valence-electron chi connectivity index (χ0n) is 18.1. The SMILES string of the molecule is CCOC(C)O[C@@H](CC#CC(=O)c1ccco1)[C@@H](C)COCc1ccc(OC)cc1. The molecule has 6 heteroatoms. The molecule has 3 atom stereocenters. The Labute approximate surface area is 178 Å². The third-order valence-corrected chi connectivity index (χ3v) is 4.46. The van der Waals surface area contributed by atoms with Gasteiger partial charge < -0.3 is 23.4 Å². The van der Waals surface area contributed by atoms with Crippen molar-refractivity contribution in [2.75, 3.05) is 20.3 Å². The molecule has 0 saturated carbocycles. The fourth-order valence-corrected chi connectivity index (χ4v) is 2.80. The van der Waals surface area contributed by atoms with Crippen molar-refractivity contribution in [1.29, 1.82) is 0 Å². The van der Waals surface area contributed by atoms with Crippen molar-refractivity contribution in [2.45, 2.75) is 46.2 Å². The second kappa shape index (κ2) is 12.9. The highest BCUT2D eigenvalue weighted by Crippen LogP contribution is 2.17. The second-order valence-electron chi connectivity index (χ2n) is 6.85. The number of hydrogen-bond acceptors (Lipinski definition) is 6. The Morgan fingerprint density at radius 1 is 1.17 bits per heavy atom. The fraction of sp³-hybridized carbons (Fsp3) is 0.458. The van der Waals surface area contributed by atoms with Gasteiger partial charge in [-0.05, 0) is 49.6 Å². The van der Waals surface area contributed by atoms with E-state index in [4.69, 9.17) is 23.4 Å². The lowest BCUT2D eigenvalue weighted by Gasteiger charge is -2.26. The van der Waals surface area contributed by atoms with Crippen molar-refractivity contribution in [1.82, 2.24) is 0 Å². The maximum absolute atomic E-state index is 12.0. The van der Waals surface area contributed by atoms with Crippen LogP contribution in [-0.4, -0.2) is 38.5 Å². The molecule has 1 aromatic heterocycles. The van der Waals surface area contributed by atoms with Crippen molar-refractivity contribution in [3.63, 3.8) is 0 Å². The zero-order chi connectivity index (χ0) is 21.8. The summed E-state index contributed by atoms with van der Waals surface area (Å²) in [6, 6.07) is 11.0. The average molecular weight is 414 g/mol. The molecule has 0 N–H and O–H groups in total. The molecule has 2 rings (SSSR count). The minimum absolute atomic E-state index is 0.0548. The molecule has 162 valence electrons. The molecule has 0 spiro atoms. The lowest BCUT2D eigenvalue weighted by molar-refractivity contribution is -0.171. The Hall–Kier alpha value is -2.59. The van der Waals surface area contributed by atoms with Crippen LogP contribution < -0.4 is 4.74 Å². The first-order chi connectivity index (χ1) is 14.5. The summed E-state index contributed by atoms with van der Waals surface area (Å²) in [4.78, 5) is 12.0. The van der Waals surface area contributed by atoms with Crippen molar-refractivity contribution < 1.29 is 28.2 Å². The van der Waals surface area contributed by atoms with Crippen LogP contribution in [0.15, 0.2) is 47.1 Å². The van der Waals surface area contributed by atoms with Crippen LogP contribution in [0.4, 0.5) is 0 Å². The van der Waals surface area contributed by atoms with Gasteiger partial charge in [-0.2, -0.15) is 0 Å². The van der Waals surface area contributed by atoms with E-state index in [1.807, 2.05) is 45.0 Å². The van der Waals surface area contributed by atoms with E-state index in [0.29, 0.717) is 26.2 Å². The van der Waals surface area contributed by atoms with Gasteiger partial charge in [0.1, 0.15) is 5.75 Å². The average Bonchev–Trinajstić information content (AvgIpc) is 3.28. The quantitative estimate of drug-likeness (QED) is 0.221. The highest BCUT2D eigenvalue weighted by Gasteiger charge is 2.20. The van der Waals surface area contributed by atoms with Gasteiger partial charge in [0.25, 0.3) is 5.78 Å². The number of methoxy groups -OCH3 is 1. The molecule has 2 aromatic rings. The third kappa shape index (κ3) is 8.03. The van der Waals surface area contributed by atoms with Gasteiger partial charge in [0.15, 0.2) is 12.1 Å². The fourth-order valence-electron chi connectivity index (χ4n) is 2.80. The Bertz CT molecular complexity index is 800. The van der Waals surface area contributed by atoms with E-state index in [1.165, 1.54) is 6.26 Å². The first-order valence-corrected chi connectivity index (χ1v) is 10.1. The molecule has 0 bridgehead atoms. The van der Waals surface area contributed by atoms with Gasteiger partial charge in [-0.25, -0.2) is 0 Å². The summed E-state index contributed by atoms with van der Waals surface area (Å²) in [5.41, 5.74) is 1.06. The summed E-state index contributed by atoms with van der Waals surface area (Å²) in [7, 11) is 1.64. The predicted octanol–water partition coefficient (Wildman–Crippen LogP) is 4.49. The van der Waals surface area contributed by atoms with Gasteiger partial charge in [-0.1, -0.05) is 25.0 Å². The number of carbonyl (C=O) groups is 1. The van der Waals surface area contributed by atoms with Gasteiger partial charge in [0.05, 0.1) is 32.7 Å². The first kappa shape index (κ1) is 23.7. The zero-order valence-corrected chi connectivity index (χ0v) is 18.1. The summed E-state index contributed by atoms with van der Waals surface area (Å²) in [5.74, 6) is 6.28. The number of ether oxygens (including phenoxy) is 4. The molecule has 0 amide bonds. The van der Waals surface area contributed by atoms with Crippen LogP contribution in [0.25, 0.3) is 0 Å². The van der Waals surface area contributed by atoms with Gasteiger partial charge in [0.2, 0.25) is 0 Å². The summed E-state index contributed by atoms with van der Waals surface area (Å²) >= 11 is 0. The van der Waals surface area contributed by atoms with Crippen LogP contribution in [0.3, 0.4) is 0 Å². The highest BCUT2D eigenvalue weighted by atomic mass is 16.7. The van der Waals surface area contributed by atoms with Gasteiger partial charge in [-0.15, -0.1) is 0 Å². The molecule has 1 heterocycles. The van der Waals surface area contributed by atoms with Crippen LogP contribution in [0.5, 0.6) is 5.75 Å². The largest absolute Gasteiger partial charge is 0.497 e. The van der Waals surface area contributed by atoms with Crippen LogP contribution in [0.1, 0.15) is 43.3 Å². The molecule has 0 aliphatic carbocycles. The number of benzene rings is 1. The van der Waals surface area contributed by atoms with E-state index in [2.05, 4.69) is 11.8 Å². The summed E-state index contributed by atoms with van der Waals surface area (Å²) < 4.78 is 27.6. The van der Waals surface area contributed by atoms with E-state index in [0.717, 1.165) is 11.3 Å². The molecule has 0 saturated heterocycles. The van der Waals surface area contributed by atoms with E-state index in [9.17, 15) is 4.79 Å². The lowest BCUT2D eigenvalue weighted by Crippen LogP contribution is -2.30. The van der Waals surface area contributed by atoms with E-state index in [1.54, 1.807) is 19.2 Å². The van der Waals surface area contributed by atoms with Crippen LogP contribution in [0, 0.1) is 17.8 Å². The number of furan rings is 1. The molecule has 0 aliphatic rings. The minimum atomic E-state index is -0.369. The monoisotopic (exact) mass is 414 g/mol. The second-order valence-corrected chi connectivity index (χ2v) is 6.85. The molecule has 30 heavy (non-hydrogen) atoms. The van der Waals surface area contributed by atoms with Crippen molar-refractivity contribution in [2.24, 2.45) is 5.92 Å². The highest BCUT2D eigenvalue weighted by molar-refractivity contribution is 6.07. The van der Waals surface area contributed by atoms with E-state index < -0.39 is 0 Å². The maximum atomic E-state index is 12.0. The van der Waals surface area contributed by atoms with Crippen LogP contribution >= 0.6 is 0 Å². The standard InChI is InChI=1S/C24H30O6/c1-5-28-19(3)30-23(9-6-8-22(25)24-10-7-15-29-24)18(2)16-27-17-20-11-13-21(26-4)14-12-20/h7,10-15,18-19,23H,5,9,16-17H2,1-4H3/t18-,19?,23-/m0/s1. The Balaban J connectivity index is 1.90. The topological polar surface area (TPSA) is 67.1 Å². The number of ketones is 1. The van der Waals surface area contributed by atoms with Crippen LogP contribution in [-0.2, 0) is 20.8 Å². The van der Waals surface area contributed by atoms with Crippen molar-refractivity contribution in [3.05, 3.63) is 54.0 Å². The number of carbonyl (C=O) groups excluding carboxylic acids is 1. The van der Waals surface area contributed by atoms with Crippen molar-refractivity contribution in [3.8, 4) is 17.6 Å². The number of Topliss-reactive ketones (excluding diaryl/α,β-unsaturated/α-hetero) is 1. The van der Waals surface area contributed by atoms with E-state index >= 15 is 0 Å². The molecular formula is C24H30O6. The number of hydrogen-bond donors (Lipinski definition) is 0. The summed E-state index contributed by atoms with van der Waals surface area (Å²) in [6.45, 7) is 7.33. The Morgan fingerprint density at radius 3 is 2.57 bits per heavy atom. The van der Waals surface area contributed by atoms with E-state index in [-0.39, 0.29) is 29.9 Å². The summed E-state index contributed by atoms with van der Waals surface area (Å²) in [6.07, 6.45) is 1.23. The van der Waals surface area contributed by atoms with Gasteiger partial charge in [0, 0.05) is 18.9 Å². The van der Waals surface area contributed by atoms with Gasteiger partial charge >= 0.3 is 0 Å². The third-order valence-electron chi connectivity index (χ3n) is 4.46. The Kier molecular flexibility index (Phi) is 10.2. The Morgan fingerprint density at radius 2 is 1.93 bits per heavy atom. The molecule has 0 fully saturated rings. The number of rotatable bonds is 12. The van der Waals surface area contributed by atoms with Crippen LogP contribution in [0.2, 0.25) is 0 Å². The van der Waals surface area contributed by atoms with Gasteiger partial charge in [-0.3, -0.25) is 4.79 Å². The molecule has 0 radical (unpaired) electrons. The first-order valence-electron chi connectivity index (χ1n) is 10.1. The molecule has 0 aliphatic heterocycles. The molecule has 1 aromatic carbocycles. The maximum Gasteiger partial charge on any atom is 0.271 e. The normalized spacial score (nSPS) is 13.7. The lowest BCUT2D eigenvalue weighted by atomic mass is 10.0.